The SMILES string of the molecule is CCOC(=O)c1cncc(C2C=NC(Nc3cc(F)cc(C#N)c3)N=C2n2nc(C(F)(F)F)cc2C)c1. The molecule has 0 spiro atoms. The molecule has 0 radical (unpaired) electrons. The summed E-state index contributed by atoms with van der Waals surface area (Å²) in [4.78, 5) is 25.0. The van der Waals surface area contributed by atoms with Crippen LogP contribution in [0.15, 0.2) is 52.7 Å². The van der Waals surface area contributed by atoms with E-state index in [1.54, 1.807) is 6.92 Å². The van der Waals surface area contributed by atoms with Crippen molar-refractivity contribution in [2.45, 2.75) is 32.2 Å². The van der Waals surface area contributed by atoms with Crippen LogP contribution in [0.25, 0.3) is 0 Å². The number of nitriles is 1. The number of alkyl halides is 3. The molecular formula is C24H19F4N7O2. The molecule has 0 aliphatic carbocycles. The van der Waals surface area contributed by atoms with Crippen molar-refractivity contribution < 1.29 is 27.1 Å². The predicted molar refractivity (Wildman–Crippen MR) is 125 cm³/mol. The summed E-state index contributed by atoms with van der Waals surface area (Å²) in [5.41, 5.74) is -0.155. The van der Waals surface area contributed by atoms with Crippen LogP contribution in [0.4, 0.5) is 23.2 Å². The Morgan fingerprint density at radius 3 is 2.68 bits per heavy atom. The Balaban J connectivity index is 1.77. The van der Waals surface area contributed by atoms with Crippen LogP contribution >= 0.6 is 0 Å². The first-order valence-electron chi connectivity index (χ1n) is 10.9. The fraction of sp³-hybridized carbons (Fsp3) is 0.250. The van der Waals surface area contributed by atoms with Gasteiger partial charge in [0.1, 0.15) is 11.7 Å². The number of hydrogen-bond acceptors (Lipinski definition) is 8. The first kappa shape index (κ1) is 25.5. The first-order chi connectivity index (χ1) is 17.6. The molecule has 1 aliphatic heterocycles. The van der Waals surface area contributed by atoms with Crippen LogP contribution in [-0.2, 0) is 10.9 Å². The molecule has 0 saturated heterocycles. The smallest absolute Gasteiger partial charge is 0.435 e. The van der Waals surface area contributed by atoms with Gasteiger partial charge < -0.3 is 10.1 Å². The Hall–Kier alpha value is -4.60. The van der Waals surface area contributed by atoms with E-state index in [9.17, 15) is 22.4 Å². The van der Waals surface area contributed by atoms with Gasteiger partial charge in [0.2, 0.25) is 6.29 Å². The number of ether oxygens (including phenoxy) is 1. The molecule has 2 aromatic heterocycles. The van der Waals surface area contributed by atoms with Gasteiger partial charge in [-0.05, 0) is 49.7 Å². The van der Waals surface area contributed by atoms with Crippen molar-refractivity contribution in [2.24, 2.45) is 9.98 Å². The Morgan fingerprint density at radius 2 is 2.00 bits per heavy atom. The number of anilines is 1. The van der Waals surface area contributed by atoms with Crippen LogP contribution in [0.5, 0.6) is 0 Å². The summed E-state index contributed by atoms with van der Waals surface area (Å²) in [6.07, 6.45) is -1.60. The lowest BCUT2D eigenvalue weighted by Gasteiger charge is -2.24. The number of aromatic nitrogens is 3. The number of rotatable bonds is 5. The Morgan fingerprint density at radius 1 is 1.22 bits per heavy atom. The summed E-state index contributed by atoms with van der Waals surface area (Å²) >= 11 is 0. The number of nitrogens with one attached hydrogen (secondary N) is 1. The second-order valence-corrected chi connectivity index (χ2v) is 7.93. The predicted octanol–water partition coefficient (Wildman–Crippen LogP) is 4.30. The summed E-state index contributed by atoms with van der Waals surface area (Å²) in [6.45, 7) is 3.24. The molecule has 0 bridgehead atoms. The highest BCUT2D eigenvalue weighted by Gasteiger charge is 2.36. The van der Waals surface area contributed by atoms with E-state index in [1.165, 1.54) is 37.7 Å². The maximum atomic E-state index is 13.9. The third-order valence-corrected chi connectivity index (χ3v) is 5.26. The molecule has 4 rings (SSSR count). The average molecular weight is 513 g/mol. The number of hydrogen-bond donors (Lipinski definition) is 1. The summed E-state index contributed by atoms with van der Waals surface area (Å²) < 4.78 is 60.1. The maximum Gasteiger partial charge on any atom is 0.435 e. The minimum absolute atomic E-state index is 0.0558. The normalized spacial score (nSPS) is 17.2. The highest BCUT2D eigenvalue weighted by Crippen LogP contribution is 2.30. The maximum absolute atomic E-state index is 13.9. The van der Waals surface area contributed by atoms with Gasteiger partial charge in [0.25, 0.3) is 0 Å². The van der Waals surface area contributed by atoms with E-state index in [4.69, 9.17) is 10.00 Å². The van der Waals surface area contributed by atoms with E-state index >= 15 is 0 Å². The van der Waals surface area contributed by atoms with E-state index in [1.807, 2.05) is 6.07 Å². The summed E-state index contributed by atoms with van der Waals surface area (Å²) in [5, 5.41) is 15.6. The van der Waals surface area contributed by atoms with Crippen LogP contribution in [0.2, 0.25) is 0 Å². The van der Waals surface area contributed by atoms with Gasteiger partial charge in [-0.25, -0.2) is 23.9 Å². The summed E-state index contributed by atoms with van der Waals surface area (Å²) in [7, 11) is 0. The molecule has 0 amide bonds. The Labute approximate surface area is 208 Å². The third kappa shape index (κ3) is 5.64. The quantitative estimate of drug-likeness (QED) is 0.402. The van der Waals surface area contributed by atoms with Gasteiger partial charge in [-0.2, -0.15) is 23.5 Å². The number of aliphatic imine (C=N–C) groups is 2. The van der Waals surface area contributed by atoms with Crippen molar-refractivity contribution in [1.82, 2.24) is 14.8 Å². The lowest BCUT2D eigenvalue weighted by Crippen LogP contribution is -2.32. The number of carbonyl (C=O) groups is 1. The molecule has 37 heavy (non-hydrogen) atoms. The molecule has 0 saturated carbocycles. The van der Waals surface area contributed by atoms with Gasteiger partial charge >= 0.3 is 12.1 Å². The minimum atomic E-state index is -4.69. The molecule has 1 aliphatic rings. The third-order valence-electron chi connectivity index (χ3n) is 5.26. The zero-order chi connectivity index (χ0) is 26.7. The highest BCUT2D eigenvalue weighted by atomic mass is 19.4. The molecule has 2 atom stereocenters. The molecule has 3 heterocycles. The van der Waals surface area contributed by atoms with E-state index in [0.717, 1.165) is 22.9 Å². The van der Waals surface area contributed by atoms with Crippen LogP contribution in [-0.4, -0.2) is 45.7 Å². The molecule has 13 heteroatoms. The van der Waals surface area contributed by atoms with E-state index < -0.39 is 35.9 Å². The number of esters is 1. The van der Waals surface area contributed by atoms with Crippen molar-refractivity contribution in [1.29, 1.82) is 5.26 Å². The van der Waals surface area contributed by atoms with Crippen molar-refractivity contribution in [2.75, 3.05) is 11.9 Å². The lowest BCUT2D eigenvalue weighted by atomic mass is 9.98. The average Bonchev–Trinajstić information content (AvgIpc) is 3.26. The summed E-state index contributed by atoms with van der Waals surface area (Å²) in [5.74, 6) is -2.05. The van der Waals surface area contributed by atoms with Crippen LogP contribution in [0.1, 0.15) is 45.7 Å². The highest BCUT2D eigenvalue weighted by molar-refractivity contribution is 6.05. The van der Waals surface area contributed by atoms with Crippen LogP contribution in [0.3, 0.4) is 0 Å². The fourth-order valence-corrected chi connectivity index (χ4v) is 3.65. The van der Waals surface area contributed by atoms with Crippen molar-refractivity contribution in [3.63, 3.8) is 0 Å². The standard InChI is InChI=1S/C24H19F4N7O2/c1-3-37-22(36)16-7-15(10-30-11-16)19-12-31-23(32-18-6-14(9-29)5-17(25)8-18)33-21(19)35-13(2)4-20(34-35)24(26,27)28/h4-8,10-12,19,23,32H,3H2,1-2H3. The fourth-order valence-electron chi connectivity index (χ4n) is 3.65. The monoisotopic (exact) mass is 513 g/mol. The molecule has 3 aromatic rings. The van der Waals surface area contributed by atoms with E-state index in [-0.39, 0.29) is 35.0 Å². The molecular weight excluding hydrogens is 494 g/mol. The minimum Gasteiger partial charge on any atom is -0.462 e. The van der Waals surface area contributed by atoms with Gasteiger partial charge in [0.05, 0.1) is 29.7 Å². The lowest BCUT2D eigenvalue weighted by molar-refractivity contribution is -0.141. The van der Waals surface area contributed by atoms with Gasteiger partial charge in [0.15, 0.2) is 5.69 Å². The number of nitrogens with zero attached hydrogens (tertiary/aromatic N) is 6. The number of carbonyl (C=O) groups excluding carboxylic acids is 1. The molecule has 190 valence electrons. The largest absolute Gasteiger partial charge is 0.462 e. The zero-order valence-corrected chi connectivity index (χ0v) is 19.5. The first-order valence-corrected chi connectivity index (χ1v) is 10.9. The van der Waals surface area contributed by atoms with Gasteiger partial charge in [0, 0.05) is 30.0 Å². The molecule has 0 fully saturated rings. The number of pyridine rings is 1. The second kappa shape index (κ2) is 10.2. The van der Waals surface area contributed by atoms with Gasteiger partial charge in [-0.15, -0.1) is 0 Å². The van der Waals surface area contributed by atoms with Crippen LogP contribution in [0, 0.1) is 24.1 Å². The number of halogens is 4. The molecule has 2 unspecified atom stereocenters. The zero-order valence-electron chi connectivity index (χ0n) is 19.5. The second-order valence-electron chi connectivity index (χ2n) is 7.93. The topological polar surface area (TPSA) is 118 Å². The van der Waals surface area contributed by atoms with Crippen molar-refractivity contribution in [3.8, 4) is 6.07 Å². The van der Waals surface area contributed by atoms with E-state index in [0.29, 0.717) is 5.56 Å². The Kier molecular flexibility index (Phi) is 7.01. The van der Waals surface area contributed by atoms with Crippen LogP contribution < -0.4 is 5.32 Å². The number of benzene rings is 1. The molecule has 1 aromatic carbocycles. The van der Waals surface area contributed by atoms with Crippen molar-refractivity contribution in [3.05, 3.63) is 76.6 Å². The Bertz CT molecular complexity index is 1440. The van der Waals surface area contributed by atoms with Crippen molar-refractivity contribution >= 4 is 23.7 Å². The van der Waals surface area contributed by atoms with Gasteiger partial charge in [-0.1, -0.05) is 0 Å². The summed E-state index contributed by atoms with van der Waals surface area (Å²) in [6, 6.07) is 7.77. The van der Waals surface area contributed by atoms with Gasteiger partial charge in [-0.3, -0.25) is 4.98 Å². The molecule has 1 N–H and O–H groups in total. The number of aryl methyl sites for hydroxylation is 1. The van der Waals surface area contributed by atoms with E-state index in [2.05, 4.69) is 25.4 Å². The molecule has 9 nitrogen and oxygen atoms in total.